The lowest BCUT2D eigenvalue weighted by atomic mass is 10.0. The van der Waals surface area contributed by atoms with Gasteiger partial charge in [0.15, 0.2) is 9.84 Å². The Labute approximate surface area is 135 Å². The SMILES string of the molecule is O=S1(=O)CCC(NCc2sccc2Br)c2cc(F)ccc21. The van der Waals surface area contributed by atoms with Crippen LogP contribution in [0.15, 0.2) is 39.0 Å². The minimum atomic E-state index is -3.29. The Bertz CT molecular complexity index is 773. The first-order valence-corrected chi connectivity index (χ1v) is 9.77. The lowest BCUT2D eigenvalue weighted by Crippen LogP contribution is -2.29. The molecule has 1 aliphatic rings. The van der Waals surface area contributed by atoms with Crippen molar-refractivity contribution in [3.63, 3.8) is 0 Å². The van der Waals surface area contributed by atoms with E-state index in [4.69, 9.17) is 0 Å². The zero-order valence-corrected chi connectivity index (χ0v) is 14.2. The Morgan fingerprint density at radius 3 is 2.90 bits per heavy atom. The van der Waals surface area contributed by atoms with Crippen molar-refractivity contribution >= 4 is 37.1 Å². The number of halogens is 2. The van der Waals surface area contributed by atoms with Crippen molar-refractivity contribution in [1.29, 1.82) is 0 Å². The summed E-state index contributed by atoms with van der Waals surface area (Å²) in [6.45, 7) is 0.624. The van der Waals surface area contributed by atoms with Gasteiger partial charge in [-0.15, -0.1) is 11.3 Å². The van der Waals surface area contributed by atoms with Crippen molar-refractivity contribution in [2.45, 2.75) is 23.9 Å². The molecule has 1 aromatic heterocycles. The summed E-state index contributed by atoms with van der Waals surface area (Å²) >= 11 is 5.09. The first-order valence-electron chi connectivity index (χ1n) is 6.45. The molecule has 7 heteroatoms. The number of rotatable bonds is 3. The highest BCUT2D eigenvalue weighted by atomic mass is 79.9. The molecule has 1 aliphatic heterocycles. The van der Waals surface area contributed by atoms with Crippen LogP contribution in [0.2, 0.25) is 0 Å². The average Bonchev–Trinajstić information content (AvgIpc) is 2.83. The highest BCUT2D eigenvalue weighted by molar-refractivity contribution is 9.10. The highest BCUT2D eigenvalue weighted by Crippen LogP contribution is 2.33. The fraction of sp³-hybridized carbons (Fsp3) is 0.286. The third-order valence-electron chi connectivity index (χ3n) is 3.56. The van der Waals surface area contributed by atoms with E-state index in [2.05, 4.69) is 21.2 Å². The van der Waals surface area contributed by atoms with E-state index in [9.17, 15) is 12.8 Å². The van der Waals surface area contributed by atoms with E-state index in [0.29, 0.717) is 18.5 Å². The molecule has 0 aliphatic carbocycles. The van der Waals surface area contributed by atoms with Crippen molar-refractivity contribution in [3.8, 4) is 0 Å². The van der Waals surface area contributed by atoms with E-state index >= 15 is 0 Å². The van der Waals surface area contributed by atoms with Gasteiger partial charge in [-0.3, -0.25) is 0 Å². The van der Waals surface area contributed by atoms with E-state index in [1.54, 1.807) is 11.3 Å². The Kier molecular flexibility index (Phi) is 4.18. The van der Waals surface area contributed by atoms with Gasteiger partial charge in [-0.05, 0) is 57.6 Å². The van der Waals surface area contributed by atoms with E-state index < -0.39 is 15.7 Å². The Morgan fingerprint density at radius 2 is 2.19 bits per heavy atom. The summed E-state index contributed by atoms with van der Waals surface area (Å²) in [6, 6.07) is 5.73. The molecule has 0 bridgehead atoms. The minimum Gasteiger partial charge on any atom is -0.305 e. The van der Waals surface area contributed by atoms with Gasteiger partial charge < -0.3 is 5.32 Å². The third-order valence-corrected chi connectivity index (χ3v) is 7.30. The van der Waals surface area contributed by atoms with Crippen LogP contribution in [-0.4, -0.2) is 14.2 Å². The Balaban J connectivity index is 1.88. The van der Waals surface area contributed by atoms with Crippen molar-refractivity contribution in [3.05, 3.63) is 50.4 Å². The summed E-state index contributed by atoms with van der Waals surface area (Å²) in [4.78, 5) is 1.39. The van der Waals surface area contributed by atoms with Crippen LogP contribution in [0, 0.1) is 5.82 Å². The van der Waals surface area contributed by atoms with Crippen LogP contribution in [-0.2, 0) is 16.4 Å². The molecule has 3 rings (SSSR count). The summed E-state index contributed by atoms with van der Waals surface area (Å²) in [5, 5.41) is 5.32. The van der Waals surface area contributed by atoms with Gasteiger partial charge in [-0.1, -0.05) is 0 Å². The van der Waals surface area contributed by atoms with E-state index in [1.165, 1.54) is 18.2 Å². The molecule has 0 saturated heterocycles. The topological polar surface area (TPSA) is 46.2 Å². The normalized spacial score (nSPS) is 20.2. The van der Waals surface area contributed by atoms with Crippen LogP contribution in [0.4, 0.5) is 4.39 Å². The molecule has 21 heavy (non-hydrogen) atoms. The fourth-order valence-corrected chi connectivity index (χ4v) is 5.54. The van der Waals surface area contributed by atoms with Crippen molar-refractivity contribution in [2.75, 3.05) is 5.75 Å². The molecule has 0 spiro atoms. The number of nitrogens with one attached hydrogen (secondary N) is 1. The maximum absolute atomic E-state index is 13.5. The summed E-state index contributed by atoms with van der Waals surface area (Å²) in [6.07, 6.45) is 0.460. The quantitative estimate of drug-likeness (QED) is 0.814. The van der Waals surface area contributed by atoms with Gasteiger partial charge in [0.05, 0.1) is 10.6 Å². The standard InChI is InChI=1S/C14H13BrFNO2S2/c15-11-3-5-20-13(11)8-17-12-4-6-21(18,19)14-2-1-9(16)7-10(12)14/h1-3,5,7,12,17H,4,6,8H2. The maximum atomic E-state index is 13.5. The Hall–Kier alpha value is -0.760. The van der Waals surface area contributed by atoms with Crippen LogP contribution in [0.1, 0.15) is 22.9 Å². The second-order valence-corrected chi connectivity index (χ2v) is 8.85. The van der Waals surface area contributed by atoms with Crippen LogP contribution in [0.25, 0.3) is 0 Å². The molecule has 3 nitrogen and oxygen atoms in total. The predicted octanol–water partition coefficient (Wildman–Crippen LogP) is 3.66. The van der Waals surface area contributed by atoms with Gasteiger partial charge in [-0.2, -0.15) is 0 Å². The lowest BCUT2D eigenvalue weighted by Gasteiger charge is -2.26. The molecular formula is C14H13BrFNO2S2. The largest absolute Gasteiger partial charge is 0.305 e. The first kappa shape index (κ1) is 15.1. The number of thiophene rings is 1. The van der Waals surface area contributed by atoms with Crippen molar-refractivity contribution in [2.24, 2.45) is 0 Å². The van der Waals surface area contributed by atoms with Gasteiger partial charge in [0, 0.05) is 21.9 Å². The van der Waals surface area contributed by atoms with Crippen LogP contribution >= 0.6 is 27.3 Å². The molecule has 1 unspecified atom stereocenters. The molecule has 0 amide bonds. The highest BCUT2D eigenvalue weighted by Gasteiger charge is 2.30. The molecule has 0 saturated carbocycles. The number of hydrogen-bond donors (Lipinski definition) is 1. The molecule has 112 valence electrons. The molecule has 2 heterocycles. The van der Waals surface area contributed by atoms with E-state index in [-0.39, 0.29) is 16.7 Å². The molecule has 2 aromatic rings. The summed E-state index contributed by atoms with van der Waals surface area (Å²) in [7, 11) is -3.29. The maximum Gasteiger partial charge on any atom is 0.178 e. The second-order valence-electron chi connectivity index (χ2n) is 4.91. The number of benzene rings is 1. The number of hydrogen-bond acceptors (Lipinski definition) is 4. The predicted molar refractivity (Wildman–Crippen MR) is 84.7 cm³/mol. The van der Waals surface area contributed by atoms with Crippen LogP contribution in [0.5, 0.6) is 0 Å². The van der Waals surface area contributed by atoms with E-state index in [0.717, 1.165) is 9.35 Å². The zero-order valence-electron chi connectivity index (χ0n) is 11.0. The molecule has 1 atom stereocenters. The summed E-state index contributed by atoms with van der Waals surface area (Å²) < 4.78 is 38.6. The van der Waals surface area contributed by atoms with E-state index in [1.807, 2.05) is 11.4 Å². The second kappa shape index (κ2) is 5.79. The fourth-order valence-electron chi connectivity index (χ4n) is 2.49. The lowest BCUT2D eigenvalue weighted by molar-refractivity contribution is 0.489. The van der Waals surface area contributed by atoms with Crippen molar-refractivity contribution < 1.29 is 12.8 Å². The minimum absolute atomic E-state index is 0.0922. The zero-order chi connectivity index (χ0) is 15.0. The average molecular weight is 390 g/mol. The molecule has 1 N–H and O–H groups in total. The summed E-state index contributed by atoms with van der Waals surface area (Å²) in [5.74, 6) is -0.315. The van der Waals surface area contributed by atoms with Crippen LogP contribution < -0.4 is 5.32 Å². The Morgan fingerprint density at radius 1 is 1.38 bits per heavy atom. The van der Waals surface area contributed by atoms with Gasteiger partial charge in [0.1, 0.15) is 5.82 Å². The molecule has 1 aromatic carbocycles. The molecule has 0 fully saturated rings. The molecule has 0 radical (unpaired) electrons. The van der Waals surface area contributed by atoms with Gasteiger partial charge in [0.2, 0.25) is 0 Å². The summed E-state index contributed by atoms with van der Waals surface area (Å²) in [5.41, 5.74) is 0.536. The van der Waals surface area contributed by atoms with Crippen molar-refractivity contribution in [1.82, 2.24) is 5.32 Å². The van der Waals surface area contributed by atoms with Gasteiger partial charge in [-0.25, -0.2) is 12.8 Å². The number of fused-ring (bicyclic) bond motifs is 1. The molecular weight excluding hydrogens is 377 g/mol. The monoisotopic (exact) mass is 389 g/mol. The van der Waals surface area contributed by atoms with Crippen LogP contribution in [0.3, 0.4) is 0 Å². The smallest absolute Gasteiger partial charge is 0.178 e. The number of sulfone groups is 1. The van der Waals surface area contributed by atoms with Gasteiger partial charge >= 0.3 is 0 Å². The third kappa shape index (κ3) is 3.06. The first-order chi connectivity index (χ1) is 9.97. The van der Waals surface area contributed by atoms with Gasteiger partial charge in [0.25, 0.3) is 0 Å².